The summed E-state index contributed by atoms with van der Waals surface area (Å²) >= 11 is 0. The summed E-state index contributed by atoms with van der Waals surface area (Å²) in [6.07, 6.45) is 2.40. The molecule has 0 amide bonds. The van der Waals surface area contributed by atoms with Crippen LogP contribution in [0.25, 0.3) is 0 Å². The Morgan fingerprint density at radius 1 is 1.21 bits per heavy atom. The first kappa shape index (κ1) is 9.65. The average Bonchev–Trinajstić information content (AvgIpc) is 2.83. The van der Waals surface area contributed by atoms with E-state index in [0.717, 1.165) is 0 Å². The zero-order chi connectivity index (χ0) is 10.3. The normalized spacial score (nSPS) is 25.0. The predicted octanol–water partition coefficient (Wildman–Crippen LogP) is 0.560. The molecule has 1 saturated carbocycles. The highest BCUT2D eigenvalue weighted by atomic mass is 16.6. The topological polar surface area (TPSA) is 46.6 Å². The lowest BCUT2D eigenvalue weighted by Gasteiger charge is -2.39. The van der Waals surface area contributed by atoms with Crippen LogP contribution in [0, 0.1) is 5.92 Å². The standard InChI is InChI=1S/C10H15NO3/c1-10(2,7-3-4-7)11-5-8(12)14-9(13)6-11/h7H,3-6H2,1-2H3. The quantitative estimate of drug-likeness (QED) is 0.479. The Labute approximate surface area is 83.2 Å². The third-order valence-electron chi connectivity index (χ3n) is 3.26. The molecule has 14 heavy (non-hydrogen) atoms. The molecule has 0 bridgehead atoms. The minimum absolute atomic E-state index is 0.0465. The van der Waals surface area contributed by atoms with E-state index in [0.29, 0.717) is 5.92 Å². The number of hydrogen-bond donors (Lipinski definition) is 0. The molecule has 0 aromatic carbocycles. The van der Waals surface area contributed by atoms with Gasteiger partial charge in [-0.25, -0.2) is 0 Å². The molecule has 0 spiro atoms. The van der Waals surface area contributed by atoms with E-state index in [2.05, 4.69) is 18.6 Å². The molecule has 2 rings (SSSR count). The molecule has 0 radical (unpaired) electrons. The van der Waals surface area contributed by atoms with E-state index >= 15 is 0 Å². The number of morpholine rings is 1. The molecule has 0 unspecified atom stereocenters. The van der Waals surface area contributed by atoms with Gasteiger partial charge in [-0.1, -0.05) is 0 Å². The molecule has 4 nitrogen and oxygen atoms in total. The van der Waals surface area contributed by atoms with Gasteiger partial charge >= 0.3 is 11.9 Å². The highest BCUT2D eigenvalue weighted by molar-refractivity contribution is 5.90. The molecular weight excluding hydrogens is 182 g/mol. The Morgan fingerprint density at radius 3 is 2.14 bits per heavy atom. The first-order valence-corrected chi connectivity index (χ1v) is 4.98. The summed E-state index contributed by atoms with van der Waals surface area (Å²) in [5.74, 6) is -0.217. The summed E-state index contributed by atoms with van der Waals surface area (Å²) in [5, 5.41) is 0. The van der Waals surface area contributed by atoms with E-state index in [1.54, 1.807) is 0 Å². The first-order chi connectivity index (χ1) is 6.50. The fourth-order valence-corrected chi connectivity index (χ4v) is 2.01. The third kappa shape index (κ3) is 1.66. The molecule has 1 aliphatic carbocycles. The molecule has 4 heteroatoms. The molecule has 1 aliphatic heterocycles. The van der Waals surface area contributed by atoms with Crippen LogP contribution >= 0.6 is 0 Å². The number of carbonyl (C=O) groups is 2. The lowest BCUT2D eigenvalue weighted by Crippen LogP contribution is -2.54. The number of esters is 2. The molecule has 1 heterocycles. The molecule has 2 fully saturated rings. The van der Waals surface area contributed by atoms with Gasteiger partial charge in [0, 0.05) is 5.54 Å². The Balaban J connectivity index is 2.09. The van der Waals surface area contributed by atoms with E-state index in [-0.39, 0.29) is 18.6 Å². The SMILES string of the molecule is CC(C)(C1CC1)N1CC(=O)OC(=O)C1. The molecule has 0 aromatic heterocycles. The Hall–Kier alpha value is -0.900. The van der Waals surface area contributed by atoms with E-state index in [1.165, 1.54) is 12.8 Å². The minimum atomic E-state index is -0.421. The predicted molar refractivity (Wildman–Crippen MR) is 49.5 cm³/mol. The summed E-state index contributed by atoms with van der Waals surface area (Å²) in [4.78, 5) is 24.1. The number of rotatable bonds is 2. The van der Waals surface area contributed by atoms with E-state index in [1.807, 2.05) is 4.90 Å². The maximum Gasteiger partial charge on any atom is 0.327 e. The van der Waals surface area contributed by atoms with E-state index in [9.17, 15) is 9.59 Å². The average molecular weight is 197 g/mol. The second kappa shape index (κ2) is 3.05. The van der Waals surface area contributed by atoms with Gasteiger partial charge in [0.15, 0.2) is 0 Å². The smallest absolute Gasteiger partial charge is 0.327 e. The maximum absolute atomic E-state index is 11.1. The van der Waals surface area contributed by atoms with Gasteiger partial charge in [-0.05, 0) is 32.6 Å². The van der Waals surface area contributed by atoms with Crippen molar-refractivity contribution in [1.82, 2.24) is 4.90 Å². The number of hydrogen-bond acceptors (Lipinski definition) is 4. The van der Waals surface area contributed by atoms with Crippen molar-refractivity contribution in [2.75, 3.05) is 13.1 Å². The van der Waals surface area contributed by atoms with Gasteiger partial charge in [0.25, 0.3) is 0 Å². The van der Waals surface area contributed by atoms with Crippen LogP contribution < -0.4 is 0 Å². The summed E-state index contributed by atoms with van der Waals surface area (Å²) in [7, 11) is 0. The van der Waals surface area contributed by atoms with Crippen molar-refractivity contribution in [2.24, 2.45) is 5.92 Å². The summed E-state index contributed by atoms with van der Waals surface area (Å²) < 4.78 is 4.49. The van der Waals surface area contributed by atoms with Crippen molar-refractivity contribution >= 4 is 11.9 Å². The number of cyclic esters (lactones) is 2. The van der Waals surface area contributed by atoms with Crippen molar-refractivity contribution in [3.8, 4) is 0 Å². The third-order valence-corrected chi connectivity index (χ3v) is 3.26. The van der Waals surface area contributed by atoms with Gasteiger partial charge in [-0.3, -0.25) is 14.5 Å². The highest BCUT2D eigenvalue weighted by Gasteiger charge is 2.45. The van der Waals surface area contributed by atoms with Gasteiger partial charge in [-0.15, -0.1) is 0 Å². The van der Waals surface area contributed by atoms with Crippen LogP contribution in [0.5, 0.6) is 0 Å². The highest BCUT2D eigenvalue weighted by Crippen LogP contribution is 2.42. The van der Waals surface area contributed by atoms with Crippen LogP contribution in [0.3, 0.4) is 0 Å². The number of carbonyl (C=O) groups excluding carboxylic acids is 2. The van der Waals surface area contributed by atoms with Crippen LogP contribution in [-0.4, -0.2) is 35.5 Å². The Bertz CT molecular complexity index is 265. The van der Waals surface area contributed by atoms with Gasteiger partial charge < -0.3 is 4.74 Å². The molecule has 2 aliphatic rings. The Kier molecular flexibility index (Phi) is 2.10. The van der Waals surface area contributed by atoms with Crippen LogP contribution in [0.2, 0.25) is 0 Å². The summed E-state index contributed by atoms with van der Waals surface area (Å²) in [6.45, 7) is 4.68. The van der Waals surface area contributed by atoms with Gasteiger partial charge in [-0.2, -0.15) is 0 Å². The molecule has 0 N–H and O–H groups in total. The Morgan fingerprint density at radius 2 is 1.71 bits per heavy atom. The van der Waals surface area contributed by atoms with E-state index < -0.39 is 11.9 Å². The largest absolute Gasteiger partial charge is 0.391 e. The summed E-state index contributed by atoms with van der Waals surface area (Å²) in [6, 6.07) is 0. The van der Waals surface area contributed by atoms with Crippen LogP contribution in [0.4, 0.5) is 0 Å². The van der Waals surface area contributed by atoms with Crippen molar-refractivity contribution < 1.29 is 14.3 Å². The van der Waals surface area contributed by atoms with Crippen molar-refractivity contribution in [3.05, 3.63) is 0 Å². The summed E-state index contributed by atoms with van der Waals surface area (Å²) in [5.41, 5.74) is -0.0465. The van der Waals surface area contributed by atoms with Crippen LogP contribution in [0.1, 0.15) is 26.7 Å². The minimum Gasteiger partial charge on any atom is -0.391 e. The first-order valence-electron chi connectivity index (χ1n) is 4.98. The maximum atomic E-state index is 11.1. The lowest BCUT2D eigenvalue weighted by molar-refractivity contribution is -0.170. The second-order valence-electron chi connectivity index (χ2n) is 4.63. The van der Waals surface area contributed by atoms with Crippen molar-refractivity contribution in [1.29, 1.82) is 0 Å². The lowest BCUT2D eigenvalue weighted by atomic mass is 9.95. The zero-order valence-electron chi connectivity index (χ0n) is 8.58. The van der Waals surface area contributed by atoms with Gasteiger partial charge in [0.2, 0.25) is 0 Å². The van der Waals surface area contributed by atoms with Crippen LogP contribution in [-0.2, 0) is 14.3 Å². The number of nitrogens with zero attached hydrogens (tertiary/aromatic N) is 1. The molecule has 78 valence electrons. The molecular formula is C10H15NO3. The van der Waals surface area contributed by atoms with Crippen molar-refractivity contribution in [2.45, 2.75) is 32.2 Å². The monoisotopic (exact) mass is 197 g/mol. The molecule has 1 saturated heterocycles. The van der Waals surface area contributed by atoms with Gasteiger partial charge in [0.1, 0.15) is 0 Å². The number of ether oxygens (including phenoxy) is 1. The second-order valence-corrected chi connectivity index (χ2v) is 4.63. The zero-order valence-corrected chi connectivity index (χ0v) is 8.58. The fraction of sp³-hybridized carbons (Fsp3) is 0.800. The fourth-order valence-electron chi connectivity index (χ4n) is 2.01. The molecule has 0 aromatic rings. The van der Waals surface area contributed by atoms with Crippen molar-refractivity contribution in [3.63, 3.8) is 0 Å². The molecule has 0 atom stereocenters. The van der Waals surface area contributed by atoms with Crippen LogP contribution in [0.15, 0.2) is 0 Å². The van der Waals surface area contributed by atoms with Gasteiger partial charge in [0.05, 0.1) is 13.1 Å². The van der Waals surface area contributed by atoms with E-state index in [4.69, 9.17) is 0 Å².